The van der Waals surface area contributed by atoms with E-state index in [1.54, 1.807) is 6.07 Å². The molecule has 1 saturated carbocycles. The van der Waals surface area contributed by atoms with Gasteiger partial charge in [0, 0.05) is 5.56 Å². The molecule has 2 nitrogen and oxygen atoms in total. The standard InChI is InChI=1S/C28H41FN2/c1-3-5-7-8-9-22-11-13-23(14-12-22)15-16-24-17-19-26(27(29)21-24)28-20-18-25(30-31-28)10-6-4-2/h17-23H,3-16H2,1-2H3. The van der Waals surface area contributed by atoms with Gasteiger partial charge in [-0.3, -0.25) is 0 Å². The number of benzene rings is 1. The van der Waals surface area contributed by atoms with E-state index in [2.05, 4.69) is 30.1 Å². The Balaban J connectivity index is 1.44. The first-order valence-corrected chi connectivity index (χ1v) is 12.8. The Morgan fingerprint density at radius 3 is 2.16 bits per heavy atom. The van der Waals surface area contributed by atoms with E-state index < -0.39 is 0 Å². The predicted molar refractivity (Wildman–Crippen MR) is 129 cm³/mol. The first-order chi connectivity index (χ1) is 15.2. The molecule has 1 heterocycles. The quantitative estimate of drug-likeness (QED) is 0.320. The van der Waals surface area contributed by atoms with Crippen molar-refractivity contribution in [1.82, 2.24) is 10.2 Å². The van der Waals surface area contributed by atoms with E-state index in [0.717, 1.165) is 48.8 Å². The van der Waals surface area contributed by atoms with E-state index in [1.807, 2.05) is 18.2 Å². The van der Waals surface area contributed by atoms with Crippen LogP contribution in [0.3, 0.4) is 0 Å². The molecule has 0 saturated heterocycles. The molecule has 0 amide bonds. The molecule has 1 aromatic carbocycles. The fraction of sp³-hybridized carbons (Fsp3) is 0.643. The molecular weight excluding hydrogens is 383 g/mol. The van der Waals surface area contributed by atoms with E-state index in [9.17, 15) is 4.39 Å². The molecule has 2 aromatic rings. The molecule has 1 fully saturated rings. The number of aryl methyl sites for hydroxylation is 2. The topological polar surface area (TPSA) is 25.8 Å². The summed E-state index contributed by atoms with van der Waals surface area (Å²) in [4.78, 5) is 0. The molecule has 31 heavy (non-hydrogen) atoms. The highest BCUT2D eigenvalue weighted by Crippen LogP contribution is 2.34. The van der Waals surface area contributed by atoms with Crippen molar-refractivity contribution in [3.05, 3.63) is 47.4 Å². The molecule has 170 valence electrons. The van der Waals surface area contributed by atoms with Crippen LogP contribution < -0.4 is 0 Å². The molecule has 0 aliphatic heterocycles. The number of hydrogen-bond donors (Lipinski definition) is 0. The Hall–Kier alpha value is -1.77. The zero-order valence-corrected chi connectivity index (χ0v) is 19.7. The maximum Gasteiger partial charge on any atom is 0.132 e. The van der Waals surface area contributed by atoms with Gasteiger partial charge in [-0.2, -0.15) is 10.2 Å². The molecule has 0 N–H and O–H groups in total. The second kappa shape index (κ2) is 12.9. The van der Waals surface area contributed by atoms with Gasteiger partial charge in [-0.25, -0.2) is 4.39 Å². The lowest BCUT2D eigenvalue weighted by atomic mass is 9.77. The Morgan fingerprint density at radius 2 is 1.52 bits per heavy atom. The van der Waals surface area contributed by atoms with Crippen LogP contribution in [0.25, 0.3) is 11.3 Å². The fourth-order valence-corrected chi connectivity index (χ4v) is 4.96. The Labute approximate surface area is 189 Å². The van der Waals surface area contributed by atoms with E-state index in [1.165, 1.54) is 64.2 Å². The van der Waals surface area contributed by atoms with Gasteiger partial charge in [0.15, 0.2) is 0 Å². The van der Waals surface area contributed by atoms with Crippen molar-refractivity contribution in [3.8, 4) is 11.3 Å². The van der Waals surface area contributed by atoms with Gasteiger partial charge >= 0.3 is 0 Å². The third-order valence-electron chi connectivity index (χ3n) is 7.09. The smallest absolute Gasteiger partial charge is 0.132 e. The number of rotatable bonds is 12. The summed E-state index contributed by atoms with van der Waals surface area (Å²) in [5, 5.41) is 8.53. The zero-order valence-electron chi connectivity index (χ0n) is 19.7. The number of unbranched alkanes of at least 4 members (excludes halogenated alkanes) is 4. The van der Waals surface area contributed by atoms with Gasteiger partial charge in [0.2, 0.25) is 0 Å². The largest absolute Gasteiger partial charge is 0.206 e. The van der Waals surface area contributed by atoms with Crippen LogP contribution in [0.1, 0.15) is 102 Å². The summed E-state index contributed by atoms with van der Waals surface area (Å²) < 4.78 is 14.8. The number of nitrogens with zero attached hydrogens (tertiary/aromatic N) is 2. The molecule has 1 aliphatic carbocycles. The minimum Gasteiger partial charge on any atom is -0.206 e. The summed E-state index contributed by atoms with van der Waals surface area (Å²) in [7, 11) is 0. The van der Waals surface area contributed by atoms with Crippen molar-refractivity contribution in [2.75, 3.05) is 0 Å². The first-order valence-electron chi connectivity index (χ1n) is 12.8. The molecular formula is C28H41FN2. The Bertz CT molecular complexity index is 763. The van der Waals surface area contributed by atoms with Gasteiger partial charge in [-0.15, -0.1) is 0 Å². The van der Waals surface area contributed by atoms with Crippen molar-refractivity contribution in [1.29, 1.82) is 0 Å². The minimum atomic E-state index is -0.177. The molecule has 0 atom stereocenters. The van der Waals surface area contributed by atoms with Crippen molar-refractivity contribution >= 4 is 0 Å². The number of hydrogen-bond acceptors (Lipinski definition) is 2. The lowest BCUT2D eigenvalue weighted by Gasteiger charge is -2.28. The van der Waals surface area contributed by atoms with Crippen LogP contribution in [0.4, 0.5) is 4.39 Å². The van der Waals surface area contributed by atoms with Gasteiger partial charge in [0.25, 0.3) is 0 Å². The van der Waals surface area contributed by atoms with Crippen molar-refractivity contribution < 1.29 is 4.39 Å². The van der Waals surface area contributed by atoms with Crippen LogP contribution in [0, 0.1) is 17.7 Å². The molecule has 0 spiro atoms. The molecule has 0 radical (unpaired) electrons. The van der Waals surface area contributed by atoms with Crippen LogP contribution in [-0.2, 0) is 12.8 Å². The van der Waals surface area contributed by atoms with E-state index >= 15 is 0 Å². The highest BCUT2D eigenvalue weighted by molar-refractivity contribution is 5.59. The van der Waals surface area contributed by atoms with E-state index in [4.69, 9.17) is 0 Å². The molecule has 3 heteroatoms. The summed E-state index contributed by atoms with van der Waals surface area (Å²) in [6.45, 7) is 4.45. The van der Waals surface area contributed by atoms with Crippen molar-refractivity contribution in [2.45, 2.75) is 104 Å². The first kappa shape index (κ1) is 23.9. The highest BCUT2D eigenvalue weighted by atomic mass is 19.1. The Kier molecular flexibility index (Phi) is 9.96. The normalized spacial score (nSPS) is 18.9. The lowest BCUT2D eigenvalue weighted by Crippen LogP contribution is -2.15. The summed E-state index contributed by atoms with van der Waals surface area (Å²) in [5.41, 5.74) is 3.28. The highest BCUT2D eigenvalue weighted by Gasteiger charge is 2.21. The van der Waals surface area contributed by atoms with Crippen LogP contribution >= 0.6 is 0 Å². The summed E-state index contributed by atoms with van der Waals surface area (Å²) in [6, 6.07) is 9.54. The minimum absolute atomic E-state index is 0.177. The summed E-state index contributed by atoms with van der Waals surface area (Å²) >= 11 is 0. The maximum atomic E-state index is 14.8. The third-order valence-corrected chi connectivity index (χ3v) is 7.09. The van der Waals surface area contributed by atoms with Gasteiger partial charge in [0.1, 0.15) is 5.82 Å². The van der Waals surface area contributed by atoms with Gasteiger partial charge in [-0.05, 0) is 67.3 Å². The summed E-state index contributed by atoms with van der Waals surface area (Å²) in [6.07, 6.45) is 17.8. The Morgan fingerprint density at radius 1 is 0.774 bits per heavy atom. The fourth-order valence-electron chi connectivity index (χ4n) is 4.96. The average Bonchev–Trinajstić information content (AvgIpc) is 2.80. The van der Waals surface area contributed by atoms with Gasteiger partial charge < -0.3 is 0 Å². The van der Waals surface area contributed by atoms with Crippen molar-refractivity contribution in [2.24, 2.45) is 11.8 Å². The molecule has 1 aliphatic rings. The van der Waals surface area contributed by atoms with Gasteiger partial charge in [0.05, 0.1) is 11.4 Å². The molecule has 3 rings (SSSR count). The zero-order chi connectivity index (χ0) is 21.9. The molecule has 0 unspecified atom stereocenters. The maximum absolute atomic E-state index is 14.8. The lowest BCUT2D eigenvalue weighted by molar-refractivity contribution is 0.249. The molecule has 0 bridgehead atoms. The van der Waals surface area contributed by atoms with Gasteiger partial charge in [-0.1, -0.05) is 84.1 Å². The summed E-state index contributed by atoms with van der Waals surface area (Å²) in [5.74, 6) is 1.60. The number of aromatic nitrogens is 2. The van der Waals surface area contributed by atoms with Crippen molar-refractivity contribution in [3.63, 3.8) is 0 Å². The third kappa shape index (κ3) is 7.70. The second-order valence-electron chi connectivity index (χ2n) is 9.60. The SMILES string of the molecule is CCCCCCC1CCC(CCc2ccc(-c3ccc(CCCC)nn3)c(F)c2)CC1. The van der Waals surface area contributed by atoms with E-state index in [0.29, 0.717) is 11.3 Å². The van der Waals surface area contributed by atoms with Crippen LogP contribution in [0.15, 0.2) is 30.3 Å². The average molecular weight is 425 g/mol. The predicted octanol–water partition coefficient (Wildman–Crippen LogP) is 8.33. The van der Waals surface area contributed by atoms with Crippen LogP contribution in [-0.4, -0.2) is 10.2 Å². The van der Waals surface area contributed by atoms with Crippen LogP contribution in [0.5, 0.6) is 0 Å². The monoisotopic (exact) mass is 424 g/mol. The second-order valence-corrected chi connectivity index (χ2v) is 9.60. The molecule has 1 aromatic heterocycles. The van der Waals surface area contributed by atoms with E-state index in [-0.39, 0.29) is 5.82 Å². The van der Waals surface area contributed by atoms with Crippen LogP contribution in [0.2, 0.25) is 0 Å². The number of halogens is 1.